The van der Waals surface area contributed by atoms with Gasteiger partial charge in [0.2, 0.25) is 0 Å². The summed E-state index contributed by atoms with van der Waals surface area (Å²) in [5.74, 6) is -0.0382. The van der Waals surface area contributed by atoms with Crippen LogP contribution in [-0.2, 0) is 4.79 Å². The van der Waals surface area contributed by atoms with Gasteiger partial charge in [-0.15, -0.1) is 10.2 Å². The molecule has 1 aromatic carbocycles. The van der Waals surface area contributed by atoms with Crippen molar-refractivity contribution in [3.8, 4) is 0 Å². The van der Waals surface area contributed by atoms with E-state index in [0.717, 1.165) is 5.56 Å². The maximum atomic E-state index is 14.0. The van der Waals surface area contributed by atoms with Crippen LogP contribution in [0.3, 0.4) is 0 Å². The van der Waals surface area contributed by atoms with Crippen molar-refractivity contribution in [2.45, 2.75) is 24.3 Å². The highest BCUT2D eigenvalue weighted by Crippen LogP contribution is 2.42. The average Bonchev–Trinajstić information content (AvgIpc) is 3.26. The normalized spacial score (nSPS) is 23.5. The van der Waals surface area contributed by atoms with Crippen molar-refractivity contribution in [3.05, 3.63) is 51.1 Å². The number of anilines is 1. The molecular formula is C22H24Cl3N5O3. The Morgan fingerprint density at radius 3 is 2.45 bits per heavy atom. The zero-order valence-electron chi connectivity index (χ0n) is 18.0. The van der Waals surface area contributed by atoms with E-state index in [0.29, 0.717) is 53.5 Å². The number of halogens is 3. The lowest BCUT2D eigenvalue weighted by Crippen LogP contribution is -2.61. The van der Waals surface area contributed by atoms with Crippen LogP contribution in [0.25, 0.3) is 0 Å². The quantitative estimate of drug-likeness (QED) is 0.626. The van der Waals surface area contributed by atoms with Gasteiger partial charge in [0, 0.05) is 45.1 Å². The highest BCUT2D eigenvalue weighted by molar-refractivity contribution is 6.42. The summed E-state index contributed by atoms with van der Waals surface area (Å²) < 4.78 is 0. The maximum absolute atomic E-state index is 14.0. The molecule has 2 N–H and O–H groups in total. The van der Waals surface area contributed by atoms with Gasteiger partial charge >= 0.3 is 6.09 Å². The van der Waals surface area contributed by atoms with Crippen LogP contribution in [0, 0.1) is 5.92 Å². The Kier molecular flexibility index (Phi) is 7.00. The maximum Gasteiger partial charge on any atom is 0.407 e. The smallest absolute Gasteiger partial charge is 0.407 e. The molecule has 2 fully saturated rings. The lowest BCUT2D eigenvalue weighted by molar-refractivity contribution is -0.134. The van der Waals surface area contributed by atoms with E-state index in [1.807, 2.05) is 6.07 Å². The largest absolute Gasteiger partial charge is 0.465 e. The minimum absolute atomic E-state index is 0.0738. The Balaban J connectivity index is 1.60. The number of carbonyl (C=O) groups excluding carboxylic acids is 1. The second-order valence-corrected chi connectivity index (χ2v) is 9.66. The molecule has 2 aliphatic rings. The summed E-state index contributed by atoms with van der Waals surface area (Å²) in [7, 11) is 1.47. The zero-order chi connectivity index (χ0) is 23.8. The molecule has 2 saturated heterocycles. The van der Waals surface area contributed by atoms with Crippen molar-refractivity contribution in [2.75, 3.05) is 38.1 Å². The Hall–Kier alpha value is -2.13. The van der Waals surface area contributed by atoms with Crippen LogP contribution < -0.4 is 10.2 Å². The number of hydrogen-bond acceptors (Lipinski definition) is 6. The first-order valence-electron chi connectivity index (χ1n) is 10.6. The van der Waals surface area contributed by atoms with Crippen LogP contribution in [-0.4, -0.2) is 70.8 Å². The van der Waals surface area contributed by atoms with Gasteiger partial charge in [0.05, 0.1) is 10.0 Å². The molecule has 2 atom stereocenters. The third-order valence-electron chi connectivity index (χ3n) is 6.79. The van der Waals surface area contributed by atoms with Crippen molar-refractivity contribution >= 4 is 52.5 Å². The van der Waals surface area contributed by atoms with Crippen LogP contribution >= 0.6 is 34.8 Å². The second-order valence-electron chi connectivity index (χ2n) is 8.46. The van der Waals surface area contributed by atoms with Crippen LogP contribution in [0.5, 0.6) is 0 Å². The summed E-state index contributed by atoms with van der Waals surface area (Å²) >= 11 is 18.2. The van der Waals surface area contributed by atoms with Gasteiger partial charge in [0.25, 0.3) is 0 Å². The van der Waals surface area contributed by atoms with Gasteiger partial charge < -0.3 is 15.3 Å². The van der Waals surface area contributed by atoms with Gasteiger partial charge in [-0.2, -0.15) is 0 Å². The number of likely N-dealkylation sites (N-methyl/N-ethyl adjacent to an activating group) is 1. The van der Waals surface area contributed by atoms with Crippen LogP contribution in [0.2, 0.25) is 15.2 Å². The fourth-order valence-corrected chi connectivity index (χ4v) is 5.38. The number of amides is 1. The molecular weight excluding hydrogens is 489 g/mol. The number of nitrogens with zero attached hydrogens (tertiary/aromatic N) is 4. The zero-order valence-corrected chi connectivity index (χ0v) is 20.2. The molecule has 0 bridgehead atoms. The van der Waals surface area contributed by atoms with E-state index in [9.17, 15) is 14.7 Å². The van der Waals surface area contributed by atoms with E-state index in [4.69, 9.17) is 34.8 Å². The van der Waals surface area contributed by atoms with Crippen LogP contribution in [0.1, 0.15) is 24.3 Å². The third-order valence-corrected chi connectivity index (χ3v) is 7.73. The van der Waals surface area contributed by atoms with Gasteiger partial charge in [-0.05, 0) is 42.7 Å². The highest BCUT2D eigenvalue weighted by atomic mass is 35.5. The van der Waals surface area contributed by atoms with Crippen LogP contribution in [0.15, 0.2) is 30.3 Å². The molecule has 1 amide bonds. The number of Topliss-reactive ketones (excluding diaryl/α,β-unsaturated/α-hetero) is 1. The summed E-state index contributed by atoms with van der Waals surface area (Å²) in [6.07, 6.45) is 0.0322. The molecule has 0 saturated carbocycles. The fourth-order valence-electron chi connectivity index (χ4n) is 4.97. The molecule has 0 spiro atoms. The summed E-state index contributed by atoms with van der Waals surface area (Å²) in [5.41, 5.74) is -0.458. The monoisotopic (exact) mass is 511 g/mol. The van der Waals surface area contributed by atoms with Crippen molar-refractivity contribution in [1.29, 1.82) is 0 Å². The molecule has 3 heterocycles. The molecule has 4 rings (SSSR count). The van der Waals surface area contributed by atoms with Gasteiger partial charge in [-0.1, -0.05) is 40.9 Å². The molecule has 0 unspecified atom stereocenters. The third kappa shape index (κ3) is 4.49. The molecule has 33 heavy (non-hydrogen) atoms. The minimum atomic E-state index is -1.24. The Morgan fingerprint density at radius 2 is 1.85 bits per heavy atom. The van der Waals surface area contributed by atoms with Crippen LogP contribution in [0.4, 0.5) is 10.6 Å². The van der Waals surface area contributed by atoms with Gasteiger partial charge in [0.15, 0.2) is 16.8 Å². The number of aromatic nitrogens is 2. The summed E-state index contributed by atoms with van der Waals surface area (Å²) in [6.45, 7) is 1.93. The summed E-state index contributed by atoms with van der Waals surface area (Å²) in [4.78, 5) is 29.4. The Morgan fingerprint density at radius 1 is 1.12 bits per heavy atom. The van der Waals surface area contributed by atoms with E-state index in [2.05, 4.69) is 20.4 Å². The van der Waals surface area contributed by atoms with Gasteiger partial charge in [-0.3, -0.25) is 9.69 Å². The lowest BCUT2D eigenvalue weighted by atomic mass is 9.72. The van der Waals surface area contributed by atoms with E-state index in [1.54, 1.807) is 24.3 Å². The first-order valence-corrected chi connectivity index (χ1v) is 11.8. The first-order chi connectivity index (χ1) is 15.7. The number of carboxylic acid groups (broad SMARTS) is 1. The SMILES string of the molecule is CN(C(=O)O)[C@@]1(C(=O)C2CCN(c3ccc(Cl)nn3)CC2)CNC[C@@H]1c1ccc(Cl)c(Cl)c1. The molecule has 1 aromatic heterocycles. The topological polar surface area (TPSA) is 98.7 Å². The predicted molar refractivity (Wildman–Crippen MR) is 128 cm³/mol. The molecule has 2 aliphatic heterocycles. The highest BCUT2D eigenvalue weighted by Gasteiger charge is 2.56. The van der Waals surface area contributed by atoms with Crippen molar-refractivity contribution in [3.63, 3.8) is 0 Å². The number of rotatable bonds is 5. The Labute approximate surface area is 206 Å². The van der Waals surface area contributed by atoms with Crippen molar-refractivity contribution in [1.82, 2.24) is 20.4 Å². The number of hydrogen-bond donors (Lipinski definition) is 2. The molecule has 176 valence electrons. The first kappa shape index (κ1) is 24.0. The van der Waals surface area contributed by atoms with Crippen molar-refractivity contribution < 1.29 is 14.7 Å². The molecule has 2 aromatic rings. The van der Waals surface area contributed by atoms with Crippen molar-refractivity contribution in [2.24, 2.45) is 5.92 Å². The van der Waals surface area contributed by atoms with E-state index in [1.165, 1.54) is 11.9 Å². The molecule has 11 heteroatoms. The van der Waals surface area contributed by atoms with Gasteiger partial charge in [0.1, 0.15) is 5.54 Å². The number of ketones is 1. The minimum Gasteiger partial charge on any atom is -0.465 e. The summed E-state index contributed by atoms with van der Waals surface area (Å²) in [6, 6.07) is 8.70. The predicted octanol–water partition coefficient (Wildman–Crippen LogP) is 3.96. The molecule has 8 nitrogen and oxygen atoms in total. The fraction of sp³-hybridized carbons (Fsp3) is 0.455. The molecule has 0 radical (unpaired) electrons. The van der Waals surface area contributed by atoms with E-state index in [-0.39, 0.29) is 24.2 Å². The number of piperidine rings is 1. The number of carbonyl (C=O) groups is 2. The van der Waals surface area contributed by atoms with E-state index >= 15 is 0 Å². The van der Waals surface area contributed by atoms with Gasteiger partial charge in [-0.25, -0.2) is 4.79 Å². The Bertz CT molecular complexity index is 1050. The molecule has 0 aliphatic carbocycles. The lowest BCUT2D eigenvalue weighted by Gasteiger charge is -2.43. The average molecular weight is 513 g/mol. The summed E-state index contributed by atoms with van der Waals surface area (Å²) in [5, 5.41) is 22.3. The van der Waals surface area contributed by atoms with E-state index < -0.39 is 11.6 Å². The second kappa shape index (κ2) is 9.62. The standard InChI is InChI=1S/C22H24Cl3N5O3/c1-29(21(32)33)22(12-26-11-15(22)14-2-3-16(23)17(24)10-14)20(31)13-6-8-30(9-7-13)19-5-4-18(25)27-28-19/h2-5,10,13,15,26H,6-9,11-12H2,1H3,(H,32,33)/t15-,22+/m1/s1. The number of benzene rings is 1. The number of nitrogens with one attached hydrogen (secondary N) is 1.